The fraction of sp³-hybridized carbons (Fsp3) is 0.526. The summed E-state index contributed by atoms with van der Waals surface area (Å²) in [6.07, 6.45) is 1.50. The van der Waals surface area contributed by atoms with Gasteiger partial charge in [0.15, 0.2) is 0 Å². The molecule has 1 heterocycles. The minimum absolute atomic E-state index is 0. The summed E-state index contributed by atoms with van der Waals surface area (Å²) in [5.41, 5.74) is 0.734. The Morgan fingerprint density at radius 1 is 1.21 bits per heavy atom. The van der Waals surface area contributed by atoms with Gasteiger partial charge in [-0.1, -0.05) is 18.2 Å². The van der Waals surface area contributed by atoms with Gasteiger partial charge in [-0.15, -0.1) is 12.4 Å². The molecule has 2 rings (SSSR count). The first-order valence-electron chi connectivity index (χ1n) is 9.12. The first-order valence-corrected chi connectivity index (χ1v) is 9.12. The molecule has 0 spiro atoms. The number of hydrogen-bond donors (Lipinski definition) is 3. The maximum absolute atomic E-state index is 12.7. The predicted octanol–water partition coefficient (Wildman–Crippen LogP) is 0.621. The number of ether oxygens (including phenoxy) is 1. The van der Waals surface area contributed by atoms with E-state index >= 15 is 0 Å². The zero-order valence-corrected chi connectivity index (χ0v) is 17.3. The van der Waals surface area contributed by atoms with E-state index in [1.54, 1.807) is 14.2 Å². The lowest BCUT2D eigenvalue weighted by Crippen LogP contribution is -2.49. The third-order valence-electron chi connectivity index (χ3n) is 4.65. The van der Waals surface area contributed by atoms with Gasteiger partial charge in [0.05, 0.1) is 13.2 Å². The minimum Gasteiger partial charge on any atom is -0.496 e. The van der Waals surface area contributed by atoms with Crippen LogP contribution in [-0.2, 0) is 14.4 Å². The smallest absolute Gasteiger partial charge is 0.241 e. The highest BCUT2D eigenvalue weighted by atomic mass is 35.5. The largest absolute Gasteiger partial charge is 0.496 e. The molecule has 0 saturated carbocycles. The van der Waals surface area contributed by atoms with E-state index in [4.69, 9.17) is 4.74 Å². The number of nitrogens with one attached hydrogen (secondary N) is 3. The molecule has 0 radical (unpaired) electrons. The zero-order valence-electron chi connectivity index (χ0n) is 16.5. The van der Waals surface area contributed by atoms with Gasteiger partial charge in [-0.2, -0.15) is 0 Å². The lowest BCUT2D eigenvalue weighted by atomic mass is 10.0. The molecule has 3 amide bonds. The Hall–Kier alpha value is -2.32. The van der Waals surface area contributed by atoms with Crippen LogP contribution >= 0.6 is 12.4 Å². The van der Waals surface area contributed by atoms with Crippen molar-refractivity contribution in [3.8, 4) is 5.75 Å². The van der Waals surface area contributed by atoms with Crippen LogP contribution in [0.5, 0.6) is 5.75 Å². The molecule has 28 heavy (non-hydrogen) atoms. The van der Waals surface area contributed by atoms with Crippen LogP contribution in [0, 0.1) is 0 Å². The lowest BCUT2D eigenvalue weighted by molar-refractivity contribution is -0.131. The summed E-state index contributed by atoms with van der Waals surface area (Å²) in [5.74, 6) is 0.157. The lowest BCUT2D eigenvalue weighted by Gasteiger charge is -2.32. The second-order valence-electron chi connectivity index (χ2n) is 6.43. The van der Waals surface area contributed by atoms with E-state index in [1.165, 1.54) is 6.92 Å². The van der Waals surface area contributed by atoms with Crippen LogP contribution in [0.1, 0.15) is 31.4 Å². The quantitative estimate of drug-likeness (QED) is 0.543. The Morgan fingerprint density at radius 3 is 2.54 bits per heavy atom. The molecule has 1 aromatic carbocycles. The highest BCUT2D eigenvalue weighted by Crippen LogP contribution is 2.34. The number of halogens is 1. The van der Waals surface area contributed by atoms with E-state index in [0.717, 1.165) is 12.0 Å². The average molecular weight is 413 g/mol. The number of nitrogens with zero attached hydrogens (tertiary/aromatic N) is 1. The van der Waals surface area contributed by atoms with Crippen LogP contribution < -0.4 is 20.7 Å². The molecule has 0 bridgehead atoms. The number of likely N-dealkylation sites (tertiary alicyclic amines) is 1. The molecule has 3 N–H and O–H groups in total. The molecule has 0 unspecified atom stereocenters. The summed E-state index contributed by atoms with van der Waals surface area (Å²) < 4.78 is 5.43. The Kier molecular flexibility index (Phi) is 9.75. The van der Waals surface area contributed by atoms with Crippen LogP contribution in [0.2, 0.25) is 0 Å². The number of amides is 3. The molecule has 2 atom stereocenters. The molecular formula is C19H29ClN4O4. The number of rotatable bonds is 8. The van der Waals surface area contributed by atoms with Crippen molar-refractivity contribution >= 4 is 30.1 Å². The fourth-order valence-electron chi connectivity index (χ4n) is 3.42. The second-order valence-corrected chi connectivity index (χ2v) is 6.43. The third-order valence-corrected chi connectivity index (χ3v) is 4.65. The predicted molar refractivity (Wildman–Crippen MR) is 108 cm³/mol. The Bertz CT molecular complexity index is 686. The van der Waals surface area contributed by atoms with Gasteiger partial charge in [0.2, 0.25) is 17.7 Å². The topological polar surface area (TPSA) is 99.8 Å². The molecule has 9 heteroatoms. The van der Waals surface area contributed by atoms with Gasteiger partial charge in [0.25, 0.3) is 0 Å². The van der Waals surface area contributed by atoms with Crippen molar-refractivity contribution in [1.82, 2.24) is 20.9 Å². The zero-order chi connectivity index (χ0) is 19.8. The number of carbonyl (C=O) groups is 3. The van der Waals surface area contributed by atoms with Gasteiger partial charge >= 0.3 is 0 Å². The third kappa shape index (κ3) is 5.84. The summed E-state index contributed by atoms with van der Waals surface area (Å²) in [6.45, 7) is 2.79. The minimum atomic E-state index is -0.611. The van der Waals surface area contributed by atoms with Crippen molar-refractivity contribution < 1.29 is 19.1 Å². The van der Waals surface area contributed by atoms with E-state index in [2.05, 4.69) is 16.0 Å². The molecule has 0 aliphatic carbocycles. The highest BCUT2D eigenvalue weighted by Gasteiger charge is 2.40. The summed E-state index contributed by atoms with van der Waals surface area (Å²) in [5, 5.41) is 8.19. The fourth-order valence-corrected chi connectivity index (χ4v) is 3.42. The number of likely N-dealkylation sites (N-methyl/N-ethyl adjacent to an activating group) is 1. The van der Waals surface area contributed by atoms with Gasteiger partial charge in [-0.05, 0) is 18.9 Å². The number of methoxy groups -OCH3 is 1. The Labute approximate surface area is 171 Å². The van der Waals surface area contributed by atoms with Crippen molar-refractivity contribution in [3.63, 3.8) is 0 Å². The number of benzene rings is 1. The van der Waals surface area contributed by atoms with Gasteiger partial charge < -0.3 is 20.7 Å². The summed E-state index contributed by atoms with van der Waals surface area (Å²) in [7, 11) is 3.15. The molecule has 156 valence electrons. The molecule has 1 saturated heterocycles. The molecule has 8 nitrogen and oxygen atoms in total. The molecule has 1 aromatic rings. The van der Waals surface area contributed by atoms with Crippen LogP contribution in [-0.4, -0.2) is 62.5 Å². The average Bonchev–Trinajstić information content (AvgIpc) is 3.14. The molecule has 1 aliphatic heterocycles. The van der Waals surface area contributed by atoms with Gasteiger partial charge in [0.1, 0.15) is 11.8 Å². The van der Waals surface area contributed by atoms with Gasteiger partial charge in [-0.3, -0.25) is 19.3 Å². The number of carbonyl (C=O) groups excluding carboxylic acids is 3. The first kappa shape index (κ1) is 23.7. The van der Waals surface area contributed by atoms with Crippen molar-refractivity contribution in [2.75, 3.05) is 33.8 Å². The maximum atomic E-state index is 12.7. The van der Waals surface area contributed by atoms with E-state index in [9.17, 15) is 14.4 Å². The first-order chi connectivity index (χ1) is 13.0. The molecular weight excluding hydrogens is 384 g/mol. The van der Waals surface area contributed by atoms with Crippen molar-refractivity contribution in [2.45, 2.75) is 31.8 Å². The van der Waals surface area contributed by atoms with Crippen molar-refractivity contribution in [2.24, 2.45) is 0 Å². The summed E-state index contributed by atoms with van der Waals surface area (Å²) >= 11 is 0. The van der Waals surface area contributed by atoms with Gasteiger partial charge in [-0.25, -0.2) is 0 Å². The molecule has 0 aromatic heterocycles. The second kappa shape index (κ2) is 11.5. The van der Waals surface area contributed by atoms with Crippen molar-refractivity contribution in [1.29, 1.82) is 0 Å². The number of hydrogen-bond acceptors (Lipinski definition) is 5. The summed E-state index contributed by atoms with van der Waals surface area (Å²) in [6, 6.07) is 6.34. The van der Waals surface area contributed by atoms with Crippen LogP contribution in [0.15, 0.2) is 24.3 Å². The van der Waals surface area contributed by atoms with Crippen molar-refractivity contribution in [3.05, 3.63) is 29.8 Å². The summed E-state index contributed by atoms with van der Waals surface area (Å²) in [4.78, 5) is 38.2. The van der Waals surface area contributed by atoms with E-state index in [1.807, 2.05) is 29.2 Å². The highest BCUT2D eigenvalue weighted by molar-refractivity contribution is 5.87. The molecule has 1 fully saturated rings. The molecule has 1 aliphatic rings. The van der Waals surface area contributed by atoms with Gasteiger partial charge in [0, 0.05) is 39.2 Å². The van der Waals surface area contributed by atoms with E-state index in [0.29, 0.717) is 31.8 Å². The normalized spacial score (nSPS) is 17.2. The van der Waals surface area contributed by atoms with E-state index in [-0.39, 0.29) is 30.1 Å². The van der Waals surface area contributed by atoms with Crippen LogP contribution in [0.4, 0.5) is 0 Å². The Balaban J connectivity index is 0.00000392. The monoisotopic (exact) mass is 412 g/mol. The van der Waals surface area contributed by atoms with Crippen LogP contribution in [0.3, 0.4) is 0 Å². The maximum Gasteiger partial charge on any atom is 0.241 e. The van der Waals surface area contributed by atoms with E-state index < -0.39 is 12.1 Å². The standard InChI is InChI=1S/C19H28N4O4.ClH/c1-13(24)21-10-11-22-18(25)15-8-6-12-23(15)17(19(26)20-2)14-7-4-5-9-16(14)27-3;/h4-5,7,9,15,17H,6,8,10-12H2,1-3H3,(H,20,26)(H,21,24)(H,22,25);1H/t15-,17+;/m0./s1. The SMILES string of the molecule is CNC(=O)[C@@H](c1ccccc1OC)N1CCC[C@H]1C(=O)NCCNC(C)=O.Cl. The van der Waals surface area contributed by atoms with Crippen LogP contribution in [0.25, 0.3) is 0 Å². The number of para-hydroxylation sites is 1. The Morgan fingerprint density at radius 2 is 1.89 bits per heavy atom.